The molecule has 3 nitrogen and oxygen atoms in total. The number of benzene rings is 1. The minimum atomic E-state index is -0.326. The van der Waals surface area contributed by atoms with Crippen LogP contribution in [0.15, 0.2) is 24.3 Å². The fourth-order valence-electron chi connectivity index (χ4n) is 2.91. The van der Waals surface area contributed by atoms with Crippen LogP contribution in [0.3, 0.4) is 0 Å². The van der Waals surface area contributed by atoms with Crippen molar-refractivity contribution in [3.8, 4) is 5.75 Å². The molecule has 0 N–H and O–H groups in total. The topological polar surface area (TPSA) is 38.8 Å². The summed E-state index contributed by atoms with van der Waals surface area (Å²) < 4.78 is 23.3. The summed E-state index contributed by atoms with van der Waals surface area (Å²) in [6.45, 7) is 0.909. The summed E-state index contributed by atoms with van der Waals surface area (Å²) in [5.41, 5.74) is 0. The van der Waals surface area contributed by atoms with Gasteiger partial charge in [-0.15, -0.1) is 0 Å². The molecule has 20 heavy (non-hydrogen) atoms. The zero-order valence-electron chi connectivity index (χ0n) is 11.4. The van der Waals surface area contributed by atoms with Crippen LogP contribution in [0.2, 0.25) is 0 Å². The minimum absolute atomic E-state index is 0.0172. The third-order valence-electron chi connectivity index (χ3n) is 4.21. The number of epoxide rings is 1. The lowest BCUT2D eigenvalue weighted by atomic mass is 9.80. The van der Waals surface area contributed by atoms with Crippen LogP contribution >= 0.6 is 0 Å². The monoisotopic (exact) mass is 278 g/mol. The van der Waals surface area contributed by atoms with E-state index in [4.69, 9.17) is 9.47 Å². The maximum absolute atomic E-state index is 12.8. The lowest BCUT2D eigenvalue weighted by Crippen LogP contribution is -2.26. The van der Waals surface area contributed by atoms with Crippen molar-refractivity contribution in [1.82, 2.24) is 0 Å². The van der Waals surface area contributed by atoms with Crippen molar-refractivity contribution in [2.75, 3.05) is 6.61 Å². The van der Waals surface area contributed by atoms with E-state index in [0.717, 1.165) is 38.7 Å². The quantitative estimate of drug-likeness (QED) is 0.482. The third-order valence-corrected chi connectivity index (χ3v) is 4.21. The number of ether oxygens (including phenoxy) is 2. The number of hydrogen-bond acceptors (Lipinski definition) is 3. The second-order valence-corrected chi connectivity index (χ2v) is 5.78. The third kappa shape index (κ3) is 3.57. The first-order valence-corrected chi connectivity index (χ1v) is 7.29. The largest absolute Gasteiger partial charge is 0.426 e. The average Bonchev–Trinajstić information content (AvgIpc) is 3.26. The molecule has 1 atom stereocenters. The van der Waals surface area contributed by atoms with Crippen LogP contribution in [0.5, 0.6) is 5.75 Å². The molecular formula is C16H19FO3. The molecule has 0 bridgehead atoms. The van der Waals surface area contributed by atoms with Crippen molar-refractivity contribution in [2.45, 2.75) is 38.2 Å². The lowest BCUT2D eigenvalue weighted by Gasteiger charge is -2.26. The Balaban J connectivity index is 1.47. The van der Waals surface area contributed by atoms with E-state index in [1.807, 2.05) is 0 Å². The van der Waals surface area contributed by atoms with Crippen molar-refractivity contribution in [2.24, 2.45) is 11.8 Å². The van der Waals surface area contributed by atoms with Crippen LogP contribution in [0.4, 0.5) is 4.39 Å². The second kappa shape index (κ2) is 5.92. The maximum atomic E-state index is 12.8. The maximum Gasteiger partial charge on any atom is 0.314 e. The Hall–Kier alpha value is -1.42. The first-order valence-electron chi connectivity index (χ1n) is 7.29. The normalized spacial score (nSPS) is 28.9. The molecule has 108 valence electrons. The number of carbonyl (C=O) groups is 1. The second-order valence-electron chi connectivity index (χ2n) is 5.78. The molecule has 0 amide bonds. The number of rotatable bonds is 4. The Morgan fingerprint density at radius 3 is 2.45 bits per heavy atom. The Bertz CT molecular complexity index is 459. The Kier molecular flexibility index (Phi) is 4.01. The predicted octanol–water partition coefficient (Wildman–Crippen LogP) is 3.33. The van der Waals surface area contributed by atoms with Crippen LogP contribution < -0.4 is 4.74 Å². The van der Waals surface area contributed by atoms with Gasteiger partial charge in [-0.1, -0.05) is 0 Å². The van der Waals surface area contributed by atoms with Gasteiger partial charge in [-0.25, -0.2) is 4.39 Å². The fourth-order valence-corrected chi connectivity index (χ4v) is 2.91. The molecule has 1 aliphatic heterocycles. The highest BCUT2D eigenvalue weighted by Crippen LogP contribution is 2.34. The molecule has 0 radical (unpaired) electrons. The first-order chi connectivity index (χ1) is 9.70. The zero-order chi connectivity index (χ0) is 13.9. The van der Waals surface area contributed by atoms with Gasteiger partial charge in [0.15, 0.2) is 0 Å². The van der Waals surface area contributed by atoms with Crippen LogP contribution in [0.25, 0.3) is 0 Å². The first kappa shape index (κ1) is 13.6. The van der Waals surface area contributed by atoms with Gasteiger partial charge >= 0.3 is 5.97 Å². The fraction of sp³-hybridized carbons (Fsp3) is 0.562. The molecule has 4 heteroatoms. The van der Waals surface area contributed by atoms with E-state index < -0.39 is 0 Å². The van der Waals surface area contributed by atoms with E-state index in [-0.39, 0.29) is 17.7 Å². The standard InChI is InChI=1S/C16H19FO3/c17-13-5-7-14(8-6-13)20-16(18)12-3-1-11(2-4-12)9-15-10-19-15/h5-8,11-12,15H,1-4,9-10H2. The molecule has 1 saturated carbocycles. The molecule has 2 aliphatic rings. The van der Waals surface area contributed by atoms with Crippen LogP contribution in [-0.4, -0.2) is 18.7 Å². The molecule has 0 aromatic heterocycles. The summed E-state index contributed by atoms with van der Waals surface area (Å²) >= 11 is 0. The predicted molar refractivity (Wildman–Crippen MR) is 71.8 cm³/mol. The highest BCUT2D eigenvalue weighted by Gasteiger charge is 2.32. The van der Waals surface area contributed by atoms with Crippen molar-refractivity contribution >= 4 is 5.97 Å². The van der Waals surface area contributed by atoms with E-state index in [2.05, 4.69) is 0 Å². The highest BCUT2D eigenvalue weighted by atomic mass is 19.1. The lowest BCUT2D eigenvalue weighted by molar-refractivity contribution is -0.140. The molecule has 1 aliphatic carbocycles. The number of carbonyl (C=O) groups excluding carboxylic acids is 1. The molecule has 2 fully saturated rings. The van der Waals surface area contributed by atoms with Gasteiger partial charge in [0.2, 0.25) is 0 Å². The van der Waals surface area contributed by atoms with Gasteiger partial charge in [0.25, 0.3) is 0 Å². The van der Waals surface area contributed by atoms with Gasteiger partial charge in [0, 0.05) is 0 Å². The summed E-state index contributed by atoms with van der Waals surface area (Å²) in [7, 11) is 0. The molecule has 0 spiro atoms. The smallest absolute Gasteiger partial charge is 0.314 e. The van der Waals surface area contributed by atoms with Gasteiger partial charge in [0.05, 0.1) is 18.6 Å². The Morgan fingerprint density at radius 2 is 1.85 bits per heavy atom. The van der Waals surface area contributed by atoms with E-state index in [1.54, 1.807) is 0 Å². The van der Waals surface area contributed by atoms with E-state index in [9.17, 15) is 9.18 Å². The van der Waals surface area contributed by atoms with E-state index in [1.165, 1.54) is 24.3 Å². The Morgan fingerprint density at radius 1 is 1.20 bits per heavy atom. The average molecular weight is 278 g/mol. The number of esters is 1. The van der Waals surface area contributed by atoms with Gasteiger partial charge in [0.1, 0.15) is 11.6 Å². The summed E-state index contributed by atoms with van der Waals surface area (Å²) in [6, 6.07) is 5.58. The van der Waals surface area contributed by atoms with Crippen LogP contribution in [0, 0.1) is 17.7 Å². The summed E-state index contributed by atoms with van der Waals surface area (Å²) in [5.74, 6) is 0.587. The molecule has 1 aromatic rings. The summed E-state index contributed by atoms with van der Waals surface area (Å²) in [5, 5.41) is 0. The van der Waals surface area contributed by atoms with Gasteiger partial charge in [-0.05, 0) is 62.3 Å². The molecule has 3 rings (SSSR count). The molecule has 1 aromatic carbocycles. The van der Waals surface area contributed by atoms with E-state index >= 15 is 0 Å². The van der Waals surface area contributed by atoms with Crippen molar-refractivity contribution < 1.29 is 18.7 Å². The molecule has 1 saturated heterocycles. The van der Waals surface area contributed by atoms with E-state index in [0.29, 0.717) is 17.8 Å². The summed E-state index contributed by atoms with van der Waals surface area (Å²) in [4.78, 5) is 12.1. The van der Waals surface area contributed by atoms with Crippen molar-refractivity contribution in [1.29, 1.82) is 0 Å². The van der Waals surface area contributed by atoms with Crippen LogP contribution in [0.1, 0.15) is 32.1 Å². The summed E-state index contributed by atoms with van der Waals surface area (Å²) in [6.07, 6.45) is 5.53. The van der Waals surface area contributed by atoms with Crippen molar-refractivity contribution in [3.63, 3.8) is 0 Å². The van der Waals surface area contributed by atoms with Gasteiger partial charge in [-0.2, -0.15) is 0 Å². The van der Waals surface area contributed by atoms with Crippen molar-refractivity contribution in [3.05, 3.63) is 30.1 Å². The van der Waals surface area contributed by atoms with Crippen LogP contribution in [-0.2, 0) is 9.53 Å². The molecule has 1 unspecified atom stereocenters. The highest BCUT2D eigenvalue weighted by molar-refractivity contribution is 5.75. The Labute approximate surface area is 118 Å². The molecular weight excluding hydrogens is 259 g/mol. The molecule has 1 heterocycles. The number of halogens is 1. The van der Waals surface area contributed by atoms with Gasteiger partial charge < -0.3 is 9.47 Å². The zero-order valence-corrected chi connectivity index (χ0v) is 11.4. The minimum Gasteiger partial charge on any atom is -0.426 e. The number of hydrogen-bond donors (Lipinski definition) is 0. The SMILES string of the molecule is O=C(Oc1ccc(F)cc1)C1CCC(CC2CO2)CC1. The van der Waals surface area contributed by atoms with Gasteiger partial charge in [-0.3, -0.25) is 4.79 Å².